The lowest BCUT2D eigenvalue weighted by Crippen LogP contribution is -2.36. The molecule has 0 saturated carbocycles. The van der Waals surface area contributed by atoms with Gasteiger partial charge >= 0.3 is 35.8 Å². The van der Waals surface area contributed by atoms with E-state index in [9.17, 15) is 34.0 Å². The molecule has 4 aromatic rings. The Kier molecular flexibility index (Phi) is 20.8. The maximum absolute atomic E-state index is 13.3. The highest BCUT2D eigenvalue weighted by atomic mass is 16.7. The standard InChI is InChI=1S/C58H56N2O17/c1-35(2)53(61)70-26-10-8-24-68-43-18-14-40(15-19-43)55(63)74-46-22-12-38(28-37(46)5)30-45(60-6)58(66)77-50-34-73-51-49(33-72-52(50)51)76-57(65)42(32-59)29-39-13-23-47(48(31-39)67-7)75-56(64)41-16-20-44(21-17-41)69-25-9-11-27-71-54(62)36(3)4/h12-23,28-31,49-52H,1,3,8-11,24-27,33-34H2,2,4-5,7H3/b42-29+,45-30-/t49-,50+,51-,52-/m1/s1. The maximum atomic E-state index is 13.3. The SMILES string of the molecule is [C-]#[N+]/C(=C\c1ccc(OC(=O)c2ccc(OCCCCOC(=O)C(=C)C)cc2)c(C)c1)C(=O)O[C@H]1CO[C@H]2[C@@H]1OC[C@H]2OC(=O)/C(C#N)=C/c1ccc(OC(=O)c2ccc(OCCCCOC(=O)C(=C)C)cc2)c(OC)c1. The number of nitrogens with zero attached hydrogens (tertiary/aromatic N) is 2. The average molecular weight is 1050 g/mol. The molecule has 6 rings (SSSR count). The van der Waals surface area contributed by atoms with E-state index in [1.807, 2.05) is 6.07 Å². The van der Waals surface area contributed by atoms with Crippen LogP contribution in [0.4, 0.5) is 0 Å². The number of rotatable bonds is 25. The Morgan fingerprint density at radius 1 is 0.636 bits per heavy atom. The maximum Gasteiger partial charge on any atom is 0.349 e. The van der Waals surface area contributed by atoms with Gasteiger partial charge in [0.1, 0.15) is 41.1 Å². The molecular formula is C58H56N2O17. The van der Waals surface area contributed by atoms with E-state index < -0.39 is 60.2 Å². The van der Waals surface area contributed by atoms with Crippen LogP contribution < -0.4 is 23.7 Å². The molecule has 0 N–H and O–H groups in total. The van der Waals surface area contributed by atoms with Crippen molar-refractivity contribution in [2.75, 3.05) is 46.8 Å². The van der Waals surface area contributed by atoms with Crippen molar-refractivity contribution in [3.63, 3.8) is 0 Å². The Bertz CT molecular complexity index is 3000. The zero-order chi connectivity index (χ0) is 55.4. The number of aryl methyl sites for hydroxylation is 1. The number of ether oxygens (including phenoxy) is 11. The molecule has 0 unspecified atom stereocenters. The van der Waals surface area contributed by atoms with Gasteiger partial charge < -0.3 is 52.1 Å². The van der Waals surface area contributed by atoms with Gasteiger partial charge in [0.05, 0.1) is 64.5 Å². The molecule has 2 saturated heterocycles. The molecule has 77 heavy (non-hydrogen) atoms. The van der Waals surface area contributed by atoms with Crippen molar-refractivity contribution in [1.82, 2.24) is 0 Å². The third kappa shape index (κ3) is 16.5. The second-order valence-electron chi connectivity index (χ2n) is 17.5. The molecule has 4 atom stereocenters. The van der Waals surface area contributed by atoms with E-state index in [1.54, 1.807) is 87.5 Å². The van der Waals surface area contributed by atoms with E-state index in [-0.39, 0.29) is 66.1 Å². The van der Waals surface area contributed by atoms with Crippen LogP contribution in [0.25, 0.3) is 17.0 Å². The minimum absolute atomic E-state index is 0.0770. The largest absolute Gasteiger partial charge is 0.494 e. The second kappa shape index (κ2) is 28.0. The van der Waals surface area contributed by atoms with Crippen LogP contribution in [0.2, 0.25) is 0 Å². The number of methoxy groups -OCH3 is 1. The van der Waals surface area contributed by atoms with E-state index in [4.69, 9.17) is 58.7 Å². The summed E-state index contributed by atoms with van der Waals surface area (Å²) in [5, 5.41) is 9.94. The van der Waals surface area contributed by atoms with E-state index in [0.717, 1.165) is 0 Å². The molecule has 2 aliphatic heterocycles. The number of hydrogen-bond acceptors (Lipinski definition) is 18. The molecular weight excluding hydrogens is 997 g/mol. The summed E-state index contributed by atoms with van der Waals surface area (Å²) in [5.74, 6) is -2.51. The monoisotopic (exact) mass is 1050 g/mol. The van der Waals surface area contributed by atoms with Gasteiger partial charge in [0.25, 0.3) is 5.70 Å². The Morgan fingerprint density at radius 3 is 1.57 bits per heavy atom. The van der Waals surface area contributed by atoms with Crippen molar-refractivity contribution in [2.24, 2.45) is 0 Å². The van der Waals surface area contributed by atoms with E-state index in [0.29, 0.717) is 78.2 Å². The molecule has 2 fully saturated rings. The Morgan fingerprint density at radius 2 is 1.10 bits per heavy atom. The molecule has 19 heteroatoms. The Labute approximate surface area is 444 Å². The molecule has 0 aliphatic carbocycles. The zero-order valence-electron chi connectivity index (χ0n) is 42.9. The number of carbonyl (C=O) groups excluding carboxylic acids is 6. The Balaban J connectivity index is 0.954. The van der Waals surface area contributed by atoms with E-state index in [2.05, 4.69) is 18.0 Å². The van der Waals surface area contributed by atoms with Crippen LogP contribution in [0.5, 0.6) is 28.7 Å². The molecule has 19 nitrogen and oxygen atoms in total. The van der Waals surface area contributed by atoms with Gasteiger partial charge in [0.2, 0.25) is 0 Å². The van der Waals surface area contributed by atoms with E-state index in [1.165, 1.54) is 37.5 Å². The zero-order valence-corrected chi connectivity index (χ0v) is 42.9. The van der Waals surface area contributed by atoms with Crippen LogP contribution in [-0.4, -0.2) is 107 Å². The highest BCUT2D eigenvalue weighted by Crippen LogP contribution is 2.33. The lowest BCUT2D eigenvalue weighted by atomic mass is 10.1. The normalized spacial score (nSPS) is 16.5. The predicted octanol–water partition coefficient (Wildman–Crippen LogP) is 8.49. The van der Waals surface area contributed by atoms with Crippen molar-refractivity contribution in [1.29, 1.82) is 5.26 Å². The number of esters is 6. The van der Waals surface area contributed by atoms with Gasteiger partial charge in [-0.05, 0) is 148 Å². The molecule has 2 aliphatic rings. The van der Waals surface area contributed by atoms with Gasteiger partial charge in [-0.25, -0.2) is 28.8 Å². The summed E-state index contributed by atoms with van der Waals surface area (Å²) in [6.45, 7) is 20.7. The minimum Gasteiger partial charge on any atom is -0.494 e. The molecule has 0 amide bonds. The number of benzene rings is 4. The molecule has 400 valence electrons. The third-order valence-corrected chi connectivity index (χ3v) is 11.5. The number of nitriles is 1. The molecule has 0 spiro atoms. The minimum atomic E-state index is -0.975. The van der Waals surface area contributed by atoms with Gasteiger partial charge in [-0.2, -0.15) is 5.26 Å². The highest BCUT2D eigenvalue weighted by molar-refractivity contribution is 5.98. The summed E-state index contributed by atoms with van der Waals surface area (Å²) in [5.41, 5.74) is 1.84. The van der Waals surface area contributed by atoms with Gasteiger partial charge in [-0.1, -0.05) is 25.3 Å². The summed E-state index contributed by atoms with van der Waals surface area (Å²) in [6, 6.07) is 23.8. The smallest absolute Gasteiger partial charge is 0.349 e. The summed E-state index contributed by atoms with van der Waals surface area (Å²) in [4.78, 5) is 78.9. The van der Waals surface area contributed by atoms with Crippen molar-refractivity contribution < 1.29 is 80.9 Å². The van der Waals surface area contributed by atoms with Gasteiger partial charge in [0, 0.05) is 11.1 Å². The lowest BCUT2D eigenvalue weighted by molar-refractivity contribution is -0.150. The first kappa shape index (κ1) is 57.2. The fourth-order valence-electron chi connectivity index (χ4n) is 7.42. The van der Waals surface area contributed by atoms with Crippen molar-refractivity contribution >= 4 is 48.0 Å². The fraction of sp³-hybridized carbons (Fsp3) is 0.310. The van der Waals surface area contributed by atoms with Gasteiger partial charge in [0.15, 0.2) is 23.7 Å². The van der Waals surface area contributed by atoms with Crippen molar-refractivity contribution in [2.45, 2.75) is 70.9 Å². The summed E-state index contributed by atoms with van der Waals surface area (Å²) in [6.07, 6.45) is 1.50. The number of hydrogen-bond donors (Lipinski definition) is 0. The first-order chi connectivity index (χ1) is 37.1. The lowest BCUT2D eigenvalue weighted by Gasteiger charge is -2.17. The van der Waals surface area contributed by atoms with Crippen molar-refractivity contribution in [3.8, 4) is 34.8 Å². The molecule has 0 bridgehead atoms. The van der Waals surface area contributed by atoms with Crippen LogP contribution in [0.1, 0.15) is 76.9 Å². The highest BCUT2D eigenvalue weighted by Gasteiger charge is 2.51. The van der Waals surface area contributed by atoms with Crippen LogP contribution >= 0.6 is 0 Å². The van der Waals surface area contributed by atoms with Crippen LogP contribution in [0, 0.1) is 24.8 Å². The molecule has 0 radical (unpaired) electrons. The number of unbranched alkanes of at least 4 members (excludes halogenated alkanes) is 2. The first-order valence-electron chi connectivity index (χ1n) is 24.3. The molecule has 0 aromatic heterocycles. The quantitative estimate of drug-likeness (QED) is 0.0115. The van der Waals surface area contributed by atoms with Gasteiger partial charge in [-0.15, -0.1) is 0 Å². The average Bonchev–Trinajstić information content (AvgIpc) is 4.03. The first-order valence-corrected chi connectivity index (χ1v) is 24.3. The van der Waals surface area contributed by atoms with Crippen LogP contribution in [0.3, 0.4) is 0 Å². The summed E-state index contributed by atoms with van der Waals surface area (Å²) in [7, 11) is 1.36. The number of carbonyl (C=O) groups is 6. The summed E-state index contributed by atoms with van der Waals surface area (Å²) < 4.78 is 61.2. The topological polar surface area (TPSA) is 232 Å². The van der Waals surface area contributed by atoms with Crippen LogP contribution in [0.15, 0.2) is 121 Å². The molecule has 2 heterocycles. The number of fused-ring (bicyclic) bond motifs is 1. The fourth-order valence-corrected chi connectivity index (χ4v) is 7.42. The van der Waals surface area contributed by atoms with Gasteiger partial charge in [-0.3, -0.25) is 4.79 Å². The van der Waals surface area contributed by atoms with E-state index >= 15 is 0 Å². The van der Waals surface area contributed by atoms with Crippen molar-refractivity contribution in [3.05, 3.63) is 160 Å². The second-order valence-corrected chi connectivity index (χ2v) is 17.5. The summed E-state index contributed by atoms with van der Waals surface area (Å²) >= 11 is 0. The molecule has 4 aromatic carbocycles. The van der Waals surface area contributed by atoms with Crippen LogP contribution in [-0.2, 0) is 47.6 Å². The third-order valence-electron chi connectivity index (χ3n) is 11.5. The Hall–Kier alpha value is -9.04. The predicted molar refractivity (Wildman–Crippen MR) is 275 cm³/mol.